The van der Waals surface area contributed by atoms with Crippen LogP contribution in [0, 0.1) is 12.8 Å². The number of ether oxygens (including phenoxy) is 1. The van der Waals surface area contributed by atoms with E-state index in [4.69, 9.17) is 22.1 Å². The molecule has 2 N–H and O–H groups in total. The SMILES string of the molecule is Cc1cc(Cl)ccc1[C@H](N)C1CCOCC1. The number of aryl methyl sites for hydroxylation is 1. The molecule has 0 radical (unpaired) electrons. The summed E-state index contributed by atoms with van der Waals surface area (Å²) in [7, 11) is 0. The fourth-order valence-electron chi connectivity index (χ4n) is 2.34. The van der Waals surface area contributed by atoms with Crippen molar-refractivity contribution in [3.05, 3.63) is 34.3 Å². The minimum absolute atomic E-state index is 0.112. The molecule has 3 heteroatoms. The second-order valence-electron chi connectivity index (χ2n) is 4.48. The van der Waals surface area contributed by atoms with Gasteiger partial charge in [0.2, 0.25) is 0 Å². The Morgan fingerprint density at radius 3 is 2.69 bits per heavy atom. The highest BCUT2D eigenvalue weighted by Crippen LogP contribution is 2.30. The fraction of sp³-hybridized carbons (Fsp3) is 0.538. The maximum atomic E-state index is 6.32. The van der Waals surface area contributed by atoms with E-state index in [0.717, 1.165) is 31.1 Å². The maximum Gasteiger partial charge on any atom is 0.0469 e. The highest BCUT2D eigenvalue weighted by atomic mass is 35.5. The molecule has 0 saturated carbocycles. The van der Waals surface area contributed by atoms with Crippen LogP contribution in [0.2, 0.25) is 5.02 Å². The number of rotatable bonds is 2. The summed E-state index contributed by atoms with van der Waals surface area (Å²) in [4.78, 5) is 0. The molecule has 1 aromatic rings. The van der Waals surface area contributed by atoms with Crippen LogP contribution >= 0.6 is 11.6 Å². The van der Waals surface area contributed by atoms with E-state index in [9.17, 15) is 0 Å². The predicted molar refractivity (Wildman–Crippen MR) is 66.7 cm³/mol. The molecule has 0 aromatic heterocycles. The molecule has 88 valence electrons. The molecule has 1 fully saturated rings. The van der Waals surface area contributed by atoms with E-state index in [1.165, 1.54) is 11.1 Å². The second kappa shape index (κ2) is 5.17. The van der Waals surface area contributed by atoms with E-state index in [1.807, 2.05) is 12.1 Å². The van der Waals surface area contributed by atoms with Crippen molar-refractivity contribution < 1.29 is 4.74 Å². The lowest BCUT2D eigenvalue weighted by molar-refractivity contribution is 0.0583. The minimum atomic E-state index is 0.112. The molecule has 1 aromatic carbocycles. The molecule has 0 amide bonds. The van der Waals surface area contributed by atoms with Crippen LogP contribution < -0.4 is 5.73 Å². The molecule has 0 bridgehead atoms. The molecule has 0 unspecified atom stereocenters. The van der Waals surface area contributed by atoms with Gasteiger partial charge >= 0.3 is 0 Å². The van der Waals surface area contributed by atoms with Crippen molar-refractivity contribution in [2.75, 3.05) is 13.2 Å². The molecule has 1 aliphatic rings. The normalized spacial score (nSPS) is 19.7. The Morgan fingerprint density at radius 2 is 2.06 bits per heavy atom. The van der Waals surface area contributed by atoms with Gasteiger partial charge in [0.15, 0.2) is 0 Å². The van der Waals surface area contributed by atoms with Crippen LogP contribution in [0.15, 0.2) is 18.2 Å². The molecule has 2 rings (SSSR count). The van der Waals surface area contributed by atoms with Gasteiger partial charge in [-0.1, -0.05) is 17.7 Å². The van der Waals surface area contributed by atoms with E-state index < -0.39 is 0 Å². The van der Waals surface area contributed by atoms with E-state index in [0.29, 0.717) is 5.92 Å². The summed E-state index contributed by atoms with van der Waals surface area (Å²) in [6.07, 6.45) is 2.12. The Bertz CT molecular complexity index is 361. The summed E-state index contributed by atoms with van der Waals surface area (Å²) < 4.78 is 5.36. The predicted octanol–water partition coefficient (Wildman–Crippen LogP) is 3.07. The summed E-state index contributed by atoms with van der Waals surface area (Å²) in [6.45, 7) is 3.75. The quantitative estimate of drug-likeness (QED) is 0.861. The molecule has 1 heterocycles. The third-order valence-electron chi connectivity index (χ3n) is 3.36. The van der Waals surface area contributed by atoms with Gasteiger partial charge in [-0.2, -0.15) is 0 Å². The number of benzene rings is 1. The van der Waals surface area contributed by atoms with Gasteiger partial charge in [0.1, 0.15) is 0 Å². The van der Waals surface area contributed by atoms with Gasteiger partial charge < -0.3 is 10.5 Å². The summed E-state index contributed by atoms with van der Waals surface area (Å²) in [5.41, 5.74) is 8.73. The molecular weight excluding hydrogens is 222 g/mol. The van der Waals surface area contributed by atoms with E-state index in [-0.39, 0.29) is 6.04 Å². The number of halogens is 1. The van der Waals surface area contributed by atoms with Gasteiger partial charge in [-0.15, -0.1) is 0 Å². The average Bonchev–Trinajstić information content (AvgIpc) is 2.29. The molecule has 0 aliphatic carbocycles. The summed E-state index contributed by atoms with van der Waals surface area (Å²) in [5, 5.41) is 0.778. The lowest BCUT2D eigenvalue weighted by atomic mass is 9.86. The summed E-state index contributed by atoms with van der Waals surface area (Å²) >= 11 is 5.95. The summed E-state index contributed by atoms with van der Waals surface area (Å²) in [6, 6.07) is 6.07. The van der Waals surface area contributed by atoms with Gasteiger partial charge in [-0.25, -0.2) is 0 Å². The van der Waals surface area contributed by atoms with Crippen LogP contribution in [0.1, 0.15) is 30.0 Å². The third kappa shape index (κ3) is 2.57. The first kappa shape index (κ1) is 11.9. The van der Waals surface area contributed by atoms with Crippen molar-refractivity contribution in [3.63, 3.8) is 0 Å². The molecular formula is C13H18ClNO. The van der Waals surface area contributed by atoms with Crippen molar-refractivity contribution in [2.24, 2.45) is 11.7 Å². The molecule has 2 nitrogen and oxygen atoms in total. The van der Waals surface area contributed by atoms with Crippen LogP contribution in [0.5, 0.6) is 0 Å². The van der Waals surface area contributed by atoms with E-state index in [1.54, 1.807) is 0 Å². The number of nitrogens with two attached hydrogens (primary N) is 1. The molecule has 1 saturated heterocycles. The van der Waals surface area contributed by atoms with Crippen molar-refractivity contribution in [1.29, 1.82) is 0 Å². The summed E-state index contributed by atoms with van der Waals surface area (Å²) in [5.74, 6) is 0.536. The van der Waals surface area contributed by atoms with Gasteiger partial charge in [0.25, 0.3) is 0 Å². The van der Waals surface area contributed by atoms with E-state index >= 15 is 0 Å². The second-order valence-corrected chi connectivity index (χ2v) is 4.91. The Morgan fingerprint density at radius 1 is 1.38 bits per heavy atom. The zero-order valence-corrected chi connectivity index (χ0v) is 10.3. The molecule has 1 aliphatic heterocycles. The van der Waals surface area contributed by atoms with Gasteiger partial charge in [-0.3, -0.25) is 0 Å². The monoisotopic (exact) mass is 239 g/mol. The van der Waals surface area contributed by atoms with Crippen LogP contribution in [-0.4, -0.2) is 13.2 Å². The van der Waals surface area contributed by atoms with Crippen molar-refractivity contribution in [1.82, 2.24) is 0 Å². The van der Waals surface area contributed by atoms with Gasteiger partial charge in [0, 0.05) is 24.3 Å². The number of hydrogen-bond donors (Lipinski definition) is 1. The van der Waals surface area contributed by atoms with Crippen molar-refractivity contribution >= 4 is 11.6 Å². The lowest BCUT2D eigenvalue weighted by Gasteiger charge is -2.28. The zero-order chi connectivity index (χ0) is 11.5. The van der Waals surface area contributed by atoms with Crippen LogP contribution in [0.3, 0.4) is 0 Å². The maximum absolute atomic E-state index is 6.32. The van der Waals surface area contributed by atoms with Crippen LogP contribution in [0.4, 0.5) is 0 Å². The topological polar surface area (TPSA) is 35.2 Å². The van der Waals surface area contributed by atoms with Crippen molar-refractivity contribution in [2.45, 2.75) is 25.8 Å². The smallest absolute Gasteiger partial charge is 0.0469 e. The standard InChI is InChI=1S/C13H18ClNO/c1-9-8-11(14)2-3-12(9)13(15)10-4-6-16-7-5-10/h2-3,8,10,13H,4-7,15H2,1H3/t13-/m1/s1. The zero-order valence-electron chi connectivity index (χ0n) is 9.58. The molecule has 0 spiro atoms. The number of hydrogen-bond acceptors (Lipinski definition) is 2. The Labute approximate surface area is 102 Å². The van der Waals surface area contributed by atoms with Gasteiger partial charge in [-0.05, 0) is 48.9 Å². The lowest BCUT2D eigenvalue weighted by Crippen LogP contribution is -2.27. The average molecular weight is 240 g/mol. The first-order valence-electron chi connectivity index (χ1n) is 5.78. The van der Waals surface area contributed by atoms with E-state index in [2.05, 4.69) is 13.0 Å². The van der Waals surface area contributed by atoms with Crippen molar-refractivity contribution in [3.8, 4) is 0 Å². The van der Waals surface area contributed by atoms with Crippen LogP contribution in [0.25, 0.3) is 0 Å². The Hall–Kier alpha value is -0.570. The fourth-order valence-corrected chi connectivity index (χ4v) is 2.57. The Kier molecular flexibility index (Phi) is 3.85. The minimum Gasteiger partial charge on any atom is -0.381 e. The largest absolute Gasteiger partial charge is 0.381 e. The highest BCUT2D eigenvalue weighted by Gasteiger charge is 2.23. The van der Waals surface area contributed by atoms with Crippen LogP contribution in [-0.2, 0) is 4.74 Å². The molecule has 16 heavy (non-hydrogen) atoms. The Balaban J connectivity index is 2.15. The highest BCUT2D eigenvalue weighted by molar-refractivity contribution is 6.30. The van der Waals surface area contributed by atoms with Gasteiger partial charge in [0.05, 0.1) is 0 Å². The first-order valence-corrected chi connectivity index (χ1v) is 6.15. The third-order valence-corrected chi connectivity index (χ3v) is 3.60. The first-order chi connectivity index (χ1) is 7.68. The molecule has 1 atom stereocenters.